The number of nitriles is 1. The molecule has 0 aliphatic carbocycles. The van der Waals surface area contributed by atoms with Crippen molar-refractivity contribution in [2.75, 3.05) is 5.75 Å². The maximum absolute atomic E-state index is 12.0. The van der Waals surface area contributed by atoms with Crippen molar-refractivity contribution in [1.29, 1.82) is 5.26 Å². The Morgan fingerprint density at radius 1 is 1.47 bits per heavy atom. The van der Waals surface area contributed by atoms with Gasteiger partial charge in [0.2, 0.25) is 0 Å². The summed E-state index contributed by atoms with van der Waals surface area (Å²) in [6.45, 7) is 1.68. The highest BCUT2D eigenvalue weighted by Gasteiger charge is 2.22. The number of unbranched alkanes of at least 4 members (excludes halogenated alkanes) is 1. The molecule has 0 radical (unpaired) electrons. The molecule has 0 aliphatic rings. The average molecular weight is 316 g/mol. The first-order valence-corrected chi connectivity index (χ1v) is 7.82. The van der Waals surface area contributed by atoms with Crippen molar-refractivity contribution in [2.45, 2.75) is 25.0 Å². The monoisotopic (exact) mass is 315 g/mol. The number of sulfone groups is 1. The number of rotatable bonds is 5. The lowest BCUT2D eigenvalue weighted by molar-refractivity contribution is 0.584. The van der Waals surface area contributed by atoms with E-state index in [0.29, 0.717) is 6.42 Å². The Morgan fingerprint density at radius 3 is 2.76 bits per heavy atom. The van der Waals surface area contributed by atoms with E-state index in [1.165, 1.54) is 0 Å². The molecule has 5 heteroatoms. The molecule has 0 fully saturated rings. The predicted molar refractivity (Wildman–Crippen MR) is 71.2 cm³/mol. The molecule has 1 atom stereocenters. The van der Waals surface area contributed by atoms with Gasteiger partial charge in [0.1, 0.15) is 0 Å². The number of nitrogens with zero attached hydrogens (tertiary/aromatic N) is 1. The summed E-state index contributed by atoms with van der Waals surface area (Å²) < 4.78 is 24.9. The molecule has 0 N–H and O–H groups in total. The number of hydrogen-bond donors (Lipinski definition) is 0. The molecule has 0 amide bonds. The van der Waals surface area contributed by atoms with Crippen LogP contribution in [-0.2, 0) is 9.84 Å². The van der Waals surface area contributed by atoms with Crippen LogP contribution in [0.5, 0.6) is 0 Å². The molecule has 1 aromatic rings. The lowest BCUT2D eigenvalue weighted by Crippen LogP contribution is -2.14. The molecule has 17 heavy (non-hydrogen) atoms. The van der Waals surface area contributed by atoms with Gasteiger partial charge in [0.25, 0.3) is 0 Å². The minimum Gasteiger partial charge on any atom is -0.228 e. The third-order valence-electron chi connectivity index (χ3n) is 2.57. The summed E-state index contributed by atoms with van der Waals surface area (Å²) in [7, 11) is -3.17. The number of halogens is 1. The zero-order chi connectivity index (χ0) is 12.9. The van der Waals surface area contributed by atoms with Crippen molar-refractivity contribution in [2.24, 2.45) is 0 Å². The summed E-state index contributed by atoms with van der Waals surface area (Å²) in [5.41, 5.74) is 0.774. The zero-order valence-corrected chi connectivity index (χ0v) is 12.0. The zero-order valence-electron chi connectivity index (χ0n) is 9.56. The van der Waals surface area contributed by atoms with Crippen molar-refractivity contribution in [3.8, 4) is 6.07 Å². The quantitative estimate of drug-likeness (QED) is 0.784. The Kier molecular flexibility index (Phi) is 5.16. The summed E-state index contributed by atoms with van der Waals surface area (Å²) in [5, 5.41) is 7.88. The molecule has 0 saturated heterocycles. The van der Waals surface area contributed by atoms with Gasteiger partial charge in [-0.15, -0.1) is 0 Å². The van der Waals surface area contributed by atoms with Crippen LogP contribution in [0.3, 0.4) is 0 Å². The van der Waals surface area contributed by atoms with Gasteiger partial charge in [-0.25, -0.2) is 8.42 Å². The highest BCUT2D eigenvalue weighted by Crippen LogP contribution is 2.25. The minimum atomic E-state index is -3.17. The maximum atomic E-state index is 12.0. The standard InChI is InChI=1S/C12H14BrNO2S/c1-10(11-5-4-6-12(13)9-11)17(15,16)8-3-2-7-14/h4-6,9-10H,2-3,8H2,1H3/t10-/m1/s1. The molecule has 0 bridgehead atoms. The molecule has 0 aliphatic heterocycles. The second-order valence-electron chi connectivity index (χ2n) is 3.83. The molecule has 0 unspecified atom stereocenters. The number of benzene rings is 1. The minimum absolute atomic E-state index is 0.0637. The van der Waals surface area contributed by atoms with Crippen LogP contribution in [0.1, 0.15) is 30.6 Å². The maximum Gasteiger partial charge on any atom is 0.157 e. The summed E-state index contributed by atoms with van der Waals surface area (Å²) >= 11 is 3.32. The molecular formula is C12H14BrNO2S. The molecule has 0 aromatic heterocycles. The first-order chi connectivity index (χ1) is 7.97. The van der Waals surface area contributed by atoms with Gasteiger partial charge in [-0.05, 0) is 31.0 Å². The van der Waals surface area contributed by atoms with Gasteiger partial charge >= 0.3 is 0 Å². The van der Waals surface area contributed by atoms with Gasteiger partial charge in [0.15, 0.2) is 9.84 Å². The third kappa shape index (κ3) is 4.14. The fraction of sp³-hybridized carbons (Fsp3) is 0.417. The van der Waals surface area contributed by atoms with E-state index in [4.69, 9.17) is 5.26 Å². The summed E-state index contributed by atoms with van der Waals surface area (Å²) in [6.07, 6.45) is 0.682. The fourth-order valence-corrected chi connectivity index (χ4v) is 3.37. The van der Waals surface area contributed by atoms with Gasteiger partial charge < -0.3 is 0 Å². The second kappa shape index (κ2) is 6.18. The Labute approximate surface area is 111 Å². The van der Waals surface area contributed by atoms with Gasteiger partial charge in [-0.1, -0.05) is 28.1 Å². The molecule has 1 aromatic carbocycles. The van der Waals surface area contributed by atoms with Gasteiger partial charge in [0.05, 0.1) is 17.1 Å². The normalized spacial score (nSPS) is 13.0. The smallest absolute Gasteiger partial charge is 0.157 e. The van der Waals surface area contributed by atoms with E-state index in [-0.39, 0.29) is 12.2 Å². The average Bonchev–Trinajstić information content (AvgIpc) is 2.28. The molecule has 1 rings (SSSR count). The Hall–Kier alpha value is -0.860. The first-order valence-electron chi connectivity index (χ1n) is 5.31. The first kappa shape index (κ1) is 14.2. The van der Waals surface area contributed by atoms with Crippen LogP contribution in [0.25, 0.3) is 0 Å². The van der Waals surface area contributed by atoms with Crippen LogP contribution in [0.15, 0.2) is 28.7 Å². The number of hydrogen-bond acceptors (Lipinski definition) is 3. The van der Waals surface area contributed by atoms with Gasteiger partial charge in [-0.2, -0.15) is 5.26 Å². The molecule has 92 valence electrons. The van der Waals surface area contributed by atoms with Crippen molar-refractivity contribution in [3.05, 3.63) is 34.3 Å². The van der Waals surface area contributed by atoms with Crippen molar-refractivity contribution in [1.82, 2.24) is 0 Å². The van der Waals surface area contributed by atoms with E-state index in [1.54, 1.807) is 13.0 Å². The molecule has 0 saturated carbocycles. The largest absolute Gasteiger partial charge is 0.228 e. The summed E-state index contributed by atoms with van der Waals surface area (Å²) in [6, 6.07) is 9.25. The SMILES string of the molecule is C[C@H](c1cccc(Br)c1)S(=O)(=O)CCCC#N. The molecular weight excluding hydrogens is 302 g/mol. The second-order valence-corrected chi connectivity index (χ2v) is 7.18. The van der Waals surface area contributed by atoms with E-state index in [9.17, 15) is 8.42 Å². The highest BCUT2D eigenvalue weighted by molar-refractivity contribution is 9.10. The van der Waals surface area contributed by atoms with E-state index >= 15 is 0 Å². The van der Waals surface area contributed by atoms with E-state index in [0.717, 1.165) is 10.0 Å². The highest BCUT2D eigenvalue weighted by atomic mass is 79.9. The van der Waals surface area contributed by atoms with E-state index in [1.807, 2.05) is 24.3 Å². The summed E-state index contributed by atoms with van der Waals surface area (Å²) in [4.78, 5) is 0. The molecule has 0 heterocycles. The lowest BCUT2D eigenvalue weighted by atomic mass is 10.2. The van der Waals surface area contributed by atoms with Crippen LogP contribution in [-0.4, -0.2) is 14.2 Å². The van der Waals surface area contributed by atoms with E-state index in [2.05, 4.69) is 15.9 Å². The Balaban J connectivity index is 2.82. The van der Waals surface area contributed by atoms with Crippen molar-refractivity contribution in [3.63, 3.8) is 0 Å². The summed E-state index contributed by atoms with van der Waals surface area (Å²) in [5.74, 6) is 0.0637. The van der Waals surface area contributed by atoms with Gasteiger partial charge in [-0.3, -0.25) is 0 Å². The van der Waals surface area contributed by atoms with Crippen LogP contribution in [0, 0.1) is 11.3 Å². The van der Waals surface area contributed by atoms with Gasteiger partial charge in [0, 0.05) is 10.9 Å². The topological polar surface area (TPSA) is 57.9 Å². The Morgan fingerprint density at radius 2 is 2.18 bits per heavy atom. The predicted octanol–water partition coefficient (Wildman–Crippen LogP) is 3.23. The van der Waals surface area contributed by atoms with Crippen molar-refractivity contribution >= 4 is 25.8 Å². The van der Waals surface area contributed by atoms with E-state index < -0.39 is 15.1 Å². The van der Waals surface area contributed by atoms with Crippen molar-refractivity contribution < 1.29 is 8.42 Å². The van der Waals surface area contributed by atoms with Crippen LogP contribution in [0.2, 0.25) is 0 Å². The third-order valence-corrected chi connectivity index (χ3v) is 5.27. The fourth-order valence-electron chi connectivity index (χ4n) is 1.50. The van der Waals surface area contributed by atoms with Crippen LogP contribution >= 0.6 is 15.9 Å². The Bertz CT molecular complexity index is 520. The lowest BCUT2D eigenvalue weighted by Gasteiger charge is -2.13. The van der Waals surface area contributed by atoms with Crippen LogP contribution < -0.4 is 0 Å². The van der Waals surface area contributed by atoms with Crippen LogP contribution in [0.4, 0.5) is 0 Å². The molecule has 3 nitrogen and oxygen atoms in total. The molecule has 0 spiro atoms.